The van der Waals surface area contributed by atoms with Crippen LogP contribution in [0.5, 0.6) is 0 Å². The highest BCUT2D eigenvalue weighted by atomic mass is 19.1. The SMILES string of the molecule is C[CH]C(C)n1ccc2cc(F)ccc21. The number of hydrogen-bond acceptors (Lipinski definition) is 0. The molecule has 1 heterocycles. The molecule has 73 valence electrons. The molecule has 0 amide bonds. The van der Waals surface area contributed by atoms with Crippen molar-refractivity contribution in [1.29, 1.82) is 0 Å². The molecule has 0 fully saturated rings. The standard InChI is InChI=1S/C12H13FN/c1-3-9(2)14-7-6-10-8-11(13)4-5-12(10)14/h3-9H,1-2H3. The van der Waals surface area contributed by atoms with Crippen LogP contribution in [-0.2, 0) is 0 Å². The molecule has 1 unspecified atom stereocenters. The number of fused-ring (bicyclic) bond motifs is 1. The van der Waals surface area contributed by atoms with Crippen LogP contribution in [-0.4, -0.2) is 4.57 Å². The first-order valence-electron chi connectivity index (χ1n) is 4.78. The largest absolute Gasteiger partial charge is 0.344 e. The lowest BCUT2D eigenvalue weighted by Crippen LogP contribution is -2.01. The maximum atomic E-state index is 12.9. The van der Waals surface area contributed by atoms with Crippen LogP contribution in [0.1, 0.15) is 19.9 Å². The minimum absolute atomic E-state index is 0.177. The van der Waals surface area contributed by atoms with Crippen molar-refractivity contribution in [3.8, 4) is 0 Å². The smallest absolute Gasteiger partial charge is 0.123 e. The number of halogens is 1. The molecule has 1 aromatic carbocycles. The Morgan fingerprint density at radius 1 is 1.36 bits per heavy atom. The summed E-state index contributed by atoms with van der Waals surface area (Å²) < 4.78 is 15.0. The van der Waals surface area contributed by atoms with E-state index in [9.17, 15) is 4.39 Å². The molecule has 0 aliphatic carbocycles. The Bertz CT molecular complexity index is 445. The molecule has 0 aliphatic heterocycles. The molecule has 1 radical (unpaired) electrons. The van der Waals surface area contributed by atoms with Crippen molar-refractivity contribution in [3.05, 3.63) is 42.7 Å². The third-order valence-electron chi connectivity index (χ3n) is 2.60. The number of benzene rings is 1. The molecule has 0 saturated heterocycles. The molecule has 2 rings (SSSR count). The highest BCUT2D eigenvalue weighted by Crippen LogP contribution is 2.21. The third-order valence-corrected chi connectivity index (χ3v) is 2.60. The normalized spacial score (nSPS) is 13.4. The summed E-state index contributed by atoms with van der Waals surface area (Å²) >= 11 is 0. The van der Waals surface area contributed by atoms with Crippen molar-refractivity contribution in [3.63, 3.8) is 0 Å². The van der Waals surface area contributed by atoms with Gasteiger partial charge in [-0.3, -0.25) is 0 Å². The summed E-state index contributed by atoms with van der Waals surface area (Å²) in [6.07, 6.45) is 4.11. The molecule has 0 N–H and O–H groups in total. The maximum Gasteiger partial charge on any atom is 0.123 e. The van der Waals surface area contributed by atoms with Crippen molar-refractivity contribution in [1.82, 2.24) is 4.57 Å². The summed E-state index contributed by atoms with van der Waals surface area (Å²) in [5.41, 5.74) is 1.08. The minimum atomic E-state index is -0.177. The van der Waals surface area contributed by atoms with Crippen molar-refractivity contribution < 1.29 is 4.39 Å². The second-order valence-corrected chi connectivity index (χ2v) is 3.50. The predicted molar refractivity (Wildman–Crippen MR) is 56.6 cm³/mol. The Morgan fingerprint density at radius 2 is 2.14 bits per heavy atom. The zero-order valence-corrected chi connectivity index (χ0v) is 8.37. The van der Waals surface area contributed by atoms with Crippen LogP contribution in [0.25, 0.3) is 10.9 Å². The van der Waals surface area contributed by atoms with Gasteiger partial charge in [-0.25, -0.2) is 4.39 Å². The van der Waals surface area contributed by atoms with E-state index in [4.69, 9.17) is 0 Å². The van der Waals surface area contributed by atoms with Crippen LogP contribution in [0, 0.1) is 12.2 Å². The molecule has 2 aromatic rings. The van der Waals surface area contributed by atoms with E-state index >= 15 is 0 Å². The third kappa shape index (κ3) is 1.41. The van der Waals surface area contributed by atoms with Crippen LogP contribution < -0.4 is 0 Å². The fraction of sp³-hybridized carbons (Fsp3) is 0.250. The average Bonchev–Trinajstić information content (AvgIpc) is 2.59. The van der Waals surface area contributed by atoms with Crippen LogP contribution in [0.2, 0.25) is 0 Å². The van der Waals surface area contributed by atoms with Gasteiger partial charge in [-0.2, -0.15) is 0 Å². The highest BCUT2D eigenvalue weighted by Gasteiger charge is 2.06. The lowest BCUT2D eigenvalue weighted by molar-refractivity contribution is 0.627. The zero-order valence-electron chi connectivity index (χ0n) is 8.37. The molecule has 2 heteroatoms. The van der Waals surface area contributed by atoms with E-state index in [1.165, 1.54) is 6.07 Å². The van der Waals surface area contributed by atoms with E-state index in [-0.39, 0.29) is 5.82 Å². The van der Waals surface area contributed by atoms with E-state index in [0.717, 1.165) is 10.9 Å². The topological polar surface area (TPSA) is 4.93 Å². The van der Waals surface area contributed by atoms with E-state index in [1.54, 1.807) is 6.07 Å². The first-order valence-corrected chi connectivity index (χ1v) is 4.78. The van der Waals surface area contributed by atoms with Gasteiger partial charge < -0.3 is 4.57 Å². The maximum absolute atomic E-state index is 12.9. The molecule has 0 aliphatic rings. The Balaban J connectivity index is 2.58. The molecule has 14 heavy (non-hydrogen) atoms. The van der Waals surface area contributed by atoms with Gasteiger partial charge >= 0.3 is 0 Å². The zero-order chi connectivity index (χ0) is 10.1. The monoisotopic (exact) mass is 190 g/mol. The van der Waals surface area contributed by atoms with Crippen LogP contribution in [0.4, 0.5) is 4.39 Å². The van der Waals surface area contributed by atoms with Gasteiger partial charge in [-0.05, 0) is 37.6 Å². The molecule has 0 saturated carbocycles. The number of aromatic nitrogens is 1. The van der Waals surface area contributed by atoms with Crippen molar-refractivity contribution in [2.24, 2.45) is 0 Å². The molecule has 0 bridgehead atoms. The van der Waals surface area contributed by atoms with E-state index < -0.39 is 0 Å². The molecule has 1 nitrogen and oxygen atoms in total. The van der Waals surface area contributed by atoms with Crippen molar-refractivity contribution in [2.75, 3.05) is 0 Å². The summed E-state index contributed by atoms with van der Waals surface area (Å²) in [7, 11) is 0. The summed E-state index contributed by atoms with van der Waals surface area (Å²) in [4.78, 5) is 0. The van der Waals surface area contributed by atoms with Gasteiger partial charge in [0.05, 0.1) is 0 Å². The summed E-state index contributed by atoms with van der Waals surface area (Å²) in [5.74, 6) is -0.177. The van der Waals surface area contributed by atoms with Gasteiger partial charge in [-0.1, -0.05) is 6.92 Å². The average molecular weight is 190 g/mol. The summed E-state index contributed by atoms with van der Waals surface area (Å²) in [5, 5.41) is 0.957. The molecule has 1 aromatic heterocycles. The molecule has 1 atom stereocenters. The summed E-state index contributed by atoms with van der Waals surface area (Å²) in [6, 6.07) is 7.18. The molecule has 0 spiro atoms. The van der Waals surface area contributed by atoms with E-state index in [0.29, 0.717) is 6.04 Å². The minimum Gasteiger partial charge on any atom is -0.344 e. The number of hydrogen-bond donors (Lipinski definition) is 0. The van der Waals surface area contributed by atoms with Crippen molar-refractivity contribution >= 4 is 10.9 Å². The second-order valence-electron chi connectivity index (χ2n) is 3.50. The first kappa shape index (κ1) is 9.25. The van der Waals surface area contributed by atoms with E-state index in [1.807, 2.05) is 25.3 Å². The van der Waals surface area contributed by atoms with Crippen molar-refractivity contribution in [2.45, 2.75) is 19.9 Å². The molecular formula is C12H13FN. The van der Waals surface area contributed by atoms with Crippen LogP contribution in [0.15, 0.2) is 30.5 Å². The van der Waals surface area contributed by atoms with Gasteiger partial charge in [0.2, 0.25) is 0 Å². The van der Waals surface area contributed by atoms with E-state index in [2.05, 4.69) is 17.9 Å². The van der Waals surface area contributed by atoms with Crippen LogP contribution >= 0.6 is 0 Å². The predicted octanol–water partition coefficient (Wildman–Crippen LogP) is 3.57. The Labute approximate surface area is 83.2 Å². The fourth-order valence-electron chi connectivity index (χ4n) is 1.65. The van der Waals surface area contributed by atoms with Gasteiger partial charge in [0, 0.05) is 23.1 Å². The second kappa shape index (κ2) is 3.45. The van der Waals surface area contributed by atoms with Crippen LogP contribution in [0.3, 0.4) is 0 Å². The number of rotatable bonds is 2. The number of nitrogens with zero attached hydrogens (tertiary/aromatic N) is 1. The lowest BCUT2D eigenvalue weighted by atomic mass is 10.2. The quantitative estimate of drug-likeness (QED) is 0.682. The van der Waals surface area contributed by atoms with Gasteiger partial charge in [0.25, 0.3) is 0 Å². The van der Waals surface area contributed by atoms with Gasteiger partial charge in [0.1, 0.15) is 5.82 Å². The van der Waals surface area contributed by atoms with Gasteiger partial charge in [0.15, 0.2) is 0 Å². The Kier molecular flexibility index (Phi) is 2.28. The van der Waals surface area contributed by atoms with Gasteiger partial charge in [-0.15, -0.1) is 0 Å². The lowest BCUT2D eigenvalue weighted by Gasteiger charge is -2.12. The Hall–Kier alpha value is -1.31. The Morgan fingerprint density at radius 3 is 2.86 bits per heavy atom. The highest BCUT2D eigenvalue weighted by molar-refractivity contribution is 5.80. The first-order chi connectivity index (χ1) is 6.72. The molecular weight excluding hydrogens is 177 g/mol. The summed E-state index contributed by atoms with van der Waals surface area (Å²) in [6.45, 7) is 4.14. The fourth-order valence-corrected chi connectivity index (χ4v) is 1.65.